The molecule has 150 valence electrons. The number of methoxy groups -OCH3 is 1. The van der Waals surface area contributed by atoms with Crippen LogP contribution in [0, 0.1) is 13.8 Å². The van der Waals surface area contributed by atoms with E-state index in [4.69, 9.17) is 4.74 Å². The maximum Gasteiger partial charge on any atom is 0.325 e. The van der Waals surface area contributed by atoms with Gasteiger partial charge < -0.3 is 14.6 Å². The third-order valence-corrected chi connectivity index (χ3v) is 5.29. The quantitative estimate of drug-likeness (QED) is 0.502. The normalized spacial score (nSPS) is 16.1. The molecule has 7 heteroatoms. The SMILES string of the molecule is CCCC1(CCC)NC(=O)N(CC(=O)c2cc(C)n(CCOC)c2C)C1=O. The Labute approximate surface area is 161 Å². The number of imide groups is 1. The van der Waals surface area contributed by atoms with E-state index in [-0.39, 0.29) is 18.2 Å². The Hall–Kier alpha value is -2.15. The third-order valence-electron chi connectivity index (χ3n) is 5.29. The highest BCUT2D eigenvalue weighted by Crippen LogP contribution is 2.28. The largest absolute Gasteiger partial charge is 0.383 e. The van der Waals surface area contributed by atoms with Crippen LogP contribution in [0.25, 0.3) is 0 Å². The van der Waals surface area contributed by atoms with Crippen molar-refractivity contribution in [3.05, 3.63) is 23.0 Å². The van der Waals surface area contributed by atoms with E-state index in [1.54, 1.807) is 7.11 Å². The zero-order valence-corrected chi connectivity index (χ0v) is 17.1. The van der Waals surface area contributed by atoms with Crippen molar-refractivity contribution in [1.29, 1.82) is 0 Å². The summed E-state index contributed by atoms with van der Waals surface area (Å²) in [6.45, 7) is 8.75. The minimum absolute atomic E-state index is 0.223. The van der Waals surface area contributed by atoms with Crippen molar-refractivity contribution < 1.29 is 19.1 Å². The average molecular weight is 377 g/mol. The summed E-state index contributed by atoms with van der Waals surface area (Å²) < 4.78 is 7.13. The molecule has 0 unspecified atom stereocenters. The average Bonchev–Trinajstić information content (AvgIpc) is 3.02. The van der Waals surface area contributed by atoms with Crippen molar-refractivity contribution in [3.63, 3.8) is 0 Å². The first kappa shape index (κ1) is 21.2. The van der Waals surface area contributed by atoms with Gasteiger partial charge in [-0.2, -0.15) is 0 Å². The molecule has 0 spiro atoms. The van der Waals surface area contributed by atoms with E-state index < -0.39 is 11.6 Å². The number of ketones is 1. The zero-order valence-electron chi connectivity index (χ0n) is 17.1. The lowest BCUT2D eigenvalue weighted by molar-refractivity contribution is -0.131. The Balaban J connectivity index is 2.20. The molecular weight excluding hydrogens is 346 g/mol. The number of nitrogens with zero attached hydrogens (tertiary/aromatic N) is 2. The second-order valence-electron chi connectivity index (χ2n) is 7.26. The smallest absolute Gasteiger partial charge is 0.325 e. The highest BCUT2D eigenvalue weighted by atomic mass is 16.5. The van der Waals surface area contributed by atoms with Crippen molar-refractivity contribution in [1.82, 2.24) is 14.8 Å². The highest BCUT2D eigenvalue weighted by molar-refractivity contribution is 6.11. The van der Waals surface area contributed by atoms with Crippen LogP contribution in [0.3, 0.4) is 0 Å². The van der Waals surface area contributed by atoms with Crippen LogP contribution in [0.5, 0.6) is 0 Å². The lowest BCUT2D eigenvalue weighted by Gasteiger charge is -2.25. The number of urea groups is 1. The van der Waals surface area contributed by atoms with Gasteiger partial charge in [0.05, 0.1) is 13.2 Å². The van der Waals surface area contributed by atoms with Crippen LogP contribution in [0.4, 0.5) is 4.79 Å². The second-order valence-corrected chi connectivity index (χ2v) is 7.26. The molecule has 3 amide bonds. The van der Waals surface area contributed by atoms with Gasteiger partial charge in [0, 0.05) is 30.6 Å². The molecule has 27 heavy (non-hydrogen) atoms. The van der Waals surface area contributed by atoms with Gasteiger partial charge in [0.2, 0.25) is 0 Å². The summed E-state index contributed by atoms with van der Waals surface area (Å²) in [5.41, 5.74) is 1.47. The first-order valence-electron chi connectivity index (χ1n) is 9.64. The molecule has 1 aliphatic heterocycles. The number of carbonyl (C=O) groups is 3. The van der Waals surface area contributed by atoms with Crippen molar-refractivity contribution in [2.24, 2.45) is 0 Å². The molecule has 7 nitrogen and oxygen atoms in total. The number of rotatable bonds is 10. The minimum atomic E-state index is -0.865. The van der Waals surface area contributed by atoms with Crippen LogP contribution in [0.1, 0.15) is 61.3 Å². The van der Waals surface area contributed by atoms with E-state index in [1.165, 1.54) is 0 Å². The van der Waals surface area contributed by atoms with E-state index in [1.807, 2.05) is 38.3 Å². The van der Waals surface area contributed by atoms with Gasteiger partial charge in [0.1, 0.15) is 5.54 Å². The van der Waals surface area contributed by atoms with Crippen LogP contribution in [-0.2, 0) is 16.1 Å². The van der Waals surface area contributed by atoms with Crippen molar-refractivity contribution in [2.45, 2.75) is 65.5 Å². The number of carbonyl (C=O) groups excluding carboxylic acids is 3. The number of ether oxygens (including phenoxy) is 1. The molecule has 0 atom stereocenters. The lowest BCUT2D eigenvalue weighted by atomic mass is 9.88. The molecule has 2 heterocycles. The number of aromatic nitrogens is 1. The number of nitrogens with one attached hydrogen (secondary N) is 1. The van der Waals surface area contributed by atoms with Crippen LogP contribution in [-0.4, -0.2) is 53.0 Å². The molecule has 1 aromatic rings. The number of amides is 3. The van der Waals surface area contributed by atoms with Gasteiger partial charge in [-0.05, 0) is 32.8 Å². The molecule has 0 bridgehead atoms. The van der Waals surface area contributed by atoms with Crippen molar-refractivity contribution in [2.75, 3.05) is 20.3 Å². The van der Waals surface area contributed by atoms with E-state index in [0.717, 1.165) is 29.1 Å². The van der Waals surface area contributed by atoms with Crippen molar-refractivity contribution in [3.8, 4) is 0 Å². The summed E-state index contributed by atoms with van der Waals surface area (Å²) in [7, 11) is 1.64. The molecule has 1 saturated heterocycles. The maximum atomic E-state index is 13.0. The van der Waals surface area contributed by atoms with Gasteiger partial charge in [0.25, 0.3) is 5.91 Å². The Kier molecular flexibility index (Phi) is 6.81. The molecule has 0 saturated carbocycles. The van der Waals surface area contributed by atoms with E-state index in [0.29, 0.717) is 31.6 Å². The Bertz CT molecular complexity index is 717. The Morgan fingerprint density at radius 1 is 1.19 bits per heavy atom. The van der Waals surface area contributed by atoms with Gasteiger partial charge in [-0.3, -0.25) is 14.5 Å². The van der Waals surface area contributed by atoms with Crippen LogP contribution in [0.15, 0.2) is 6.07 Å². The fourth-order valence-electron chi connectivity index (χ4n) is 3.98. The van der Waals surface area contributed by atoms with Gasteiger partial charge in [-0.25, -0.2) is 4.79 Å². The summed E-state index contributed by atoms with van der Waals surface area (Å²) in [4.78, 5) is 39.3. The van der Waals surface area contributed by atoms with E-state index in [9.17, 15) is 14.4 Å². The topological polar surface area (TPSA) is 80.6 Å². The first-order valence-corrected chi connectivity index (χ1v) is 9.64. The van der Waals surface area contributed by atoms with E-state index in [2.05, 4.69) is 5.32 Å². The summed E-state index contributed by atoms with van der Waals surface area (Å²) in [5.74, 6) is -0.503. The van der Waals surface area contributed by atoms with Gasteiger partial charge in [-0.15, -0.1) is 0 Å². The minimum Gasteiger partial charge on any atom is -0.383 e. The Morgan fingerprint density at radius 2 is 1.81 bits per heavy atom. The predicted molar refractivity (Wildman–Crippen MR) is 103 cm³/mol. The maximum absolute atomic E-state index is 13.0. The number of aryl methyl sites for hydroxylation is 1. The molecule has 2 rings (SSSR count). The standard InChI is InChI=1S/C20H31N3O4/c1-6-8-20(9-7-2)18(25)23(19(26)21-20)13-17(24)16-12-14(3)22(15(16)4)10-11-27-5/h12H,6-11,13H2,1-5H3,(H,21,26). The number of hydrogen-bond donors (Lipinski definition) is 1. The Morgan fingerprint density at radius 3 is 2.37 bits per heavy atom. The number of hydrogen-bond acceptors (Lipinski definition) is 4. The monoisotopic (exact) mass is 377 g/mol. The fraction of sp³-hybridized carbons (Fsp3) is 0.650. The van der Waals surface area contributed by atoms with Gasteiger partial charge >= 0.3 is 6.03 Å². The van der Waals surface area contributed by atoms with E-state index >= 15 is 0 Å². The third kappa shape index (κ3) is 4.08. The first-order chi connectivity index (χ1) is 12.8. The molecule has 0 aliphatic carbocycles. The summed E-state index contributed by atoms with van der Waals surface area (Å²) in [5, 5.41) is 2.85. The summed E-state index contributed by atoms with van der Waals surface area (Å²) >= 11 is 0. The highest BCUT2D eigenvalue weighted by Gasteiger charge is 2.50. The fourth-order valence-corrected chi connectivity index (χ4v) is 3.98. The number of Topliss-reactive ketones (excluding diaryl/α,β-unsaturated/α-hetero) is 1. The molecule has 1 aliphatic rings. The summed E-state index contributed by atoms with van der Waals surface area (Å²) in [6, 6.07) is 1.35. The van der Waals surface area contributed by atoms with Crippen LogP contribution >= 0.6 is 0 Å². The summed E-state index contributed by atoms with van der Waals surface area (Å²) in [6.07, 6.45) is 2.74. The van der Waals surface area contributed by atoms with Crippen LogP contribution in [0.2, 0.25) is 0 Å². The molecule has 0 aromatic carbocycles. The lowest BCUT2D eigenvalue weighted by Crippen LogP contribution is -2.47. The van der Waals surface area contributed by atoms with Crippen LogP contribution < -0.4 is 5.32 Å². The van der Waals surface area contributed by atoms with Gasteiger partial charge in [-0.1, -0.05) is 26.7 Å². The zero-order chi connectivity index (χ0) is 20.2. The molecule has 1 aromatic heterocycles. The molecule has 1 fully saturated rings. The molecule has 1 N–H and O–H groups in total. The molecule has 0 radical (unpaired) electrons. The molecular formula is C20H31N3O4. The predicted octanol–water partition coefficient (Wildman–Crippen LogP) is 2.82. The van der Waals surface area contributed by atoms with Crippen molar-refractivity contribution >= 4 is 17.7 Å². The van der Waals surface area contributed by atoms with Gasteiger partial charge in [0.15, 0.2) is 5.78 Å². The second kappa shape index (κ2) is 8.69.